The lowest BCUT2D eigenvalue weighted by Gasteiger charge is -2.22. The molecule has 0 fully saturated rings. The van der Waals surface area contributed by atoms with Crippen LogP contribution in [0.5, 0.6) is 0 Å². The number of alkyl carbamates (subject to hydrolysis) is 1. The summed E-state index contributed by atoms with van der Waals surface area (Å²) in [5, 5.41) is 12.7. The maximum Gasteiger partial charge on any atom is 0.407 e. The summed E-state index contributed by atoms with van der Waals surface area (Å²) in [6, 6.07) is 5.49. The number of carbonyl (C=O) groups excluding carboxylic acids is 3. The van der Waals surface area contributed by atoms with Gasteiger partial charge in [0.1, 0.15) is 16.2 Å². The minimum atomic E-state index is -0.625. The molecule has 2 aromatic rings. The van der Waals surface area contributed by atoms with Crippen LogP contribution in [0.1, 0.15) is 75.9 Å². The van der Waals surface area contributed by atoms with E-state index < -0.39 is 23.3 Å². The number of carbonyl (C=O) groups is 3. The van der Waals surface area contributed by atoms with E-state index in [0.29, 0.717) is 41.5 Å². The number of aliphatic hydroxyl groups is 1. The summed E-state index contributed by atoms with van der Waals surface area (Å²) in [4.78, 5) is 47.7. The number of aliphatic hydroxyl groups excluding tert-OH is 1. The molecule has 0 aliphatic heterocycles. The molecule has 2 amide bonds. The largest absolute Gasteiger partial charge is 0.456 e. The van der Waals surface area contributed by atoms with E-state index in [4.69, 9.17) is 15.2 Å². The number of nitrogens with two attached hydrogens (primary N) is 1. The molecule has 0 aliphatic carbocycles. The number of benzene rings is 1. The van der Waals surface area contributed by atoms with Gasteiger partial charge in [0.2, 0.25) is 11.9 Å². The zero-order valence-electron chi connectivity index (χ0n) is 26.0. The van der Waals surface area contributed by atoms with Crippen LogP contribution in [0.4, 0.5) is 10.7 Å². The Hall–Kier alpha value is -3.38. The van der Waals surface area contributed by atoms with Crippen molar-refractivity contribution in [3.8, 4) is 11.3 Å². The van der Waals surface area contributed by atoms with Crippen molar-refractivity contribution in [2.24, 2.45) is 0 Å². The highest BCUT2D eigenvalue weighted by Crippen LogP contribution is 2.29. The Balaban J connectivity index is 2.05. The Morgan fingerprint density at radius 3 is 2.26 bits per heavy atom. The second kappa shape index (κ2) is 15.2. The molecule has 0 radical (unpaired) electrons. The van der Waals surface area contributed by atoms with Crippen molar-refractivity contribution >= 4 is 35.7 Å². The number of anilines is 1. The average molecular weight is 604 g/mol. The third kappa shape index (κ3) is 11.8. The number of aromatic nitrogens is 2. The van der Waals surface area contributed by atoms with Crippen LogP contribution in [0.2, 0.25) is 0 Å². The topological polar surface area (TPSA) is 157 Å². The molecule has 0 atom stereocenters. The third-order valence-corrected chi connectivity index (χ3v) is 6.65. The van der Waals surface area contributed by atoms with Gasteiger partial charge in [0.05, 0.1) is 17.9 Å². The number of nitrogens with one attached hydrogen (secondary N) is 1. The van der Waals surface area contributed by atoms with Crippen LogP contribution in [-0.2, 0) is 14.3 Å². The number of aryl methyl sites for hydroxylation is 2. The first-order valence-corrected chi connectivity index (χ1v) is 15.0. The monoisotopic (exact) mass is 603 g/mol. The molecule has 0 bridgehead atoms. The lowest BCUT2D eigenvalue weighted by molar-refractivity contribution is -0.131. The quantitative estimate of drug-likeness (QED) is 0.136. The van der Waals surface area contributed by atoms with Crippen molar-refractivity contribution in [1.82, 2.24) is 20.2 Å². The van der Waals surface area contributed by atoms with E-state index in [1.54, 1.807) is 37.8 Å². The average Bonchev–Trinajstić information content (AvgIpc) is 2.83. The molecule has 0 saturated heterocycles. The predicted octanol–water partition coefficient (Wildman–Crippen LogP) is 4.52. The standard InChI is InChI=1S/C30H45N5O6S/c1-19-16-20(2)22(26(38)40-29(3,4)5)17-21(19)23-18-24(34-27(31)33-23)42-15-13-35(12-14-36)25(37)10-9-11-32-28(39)41-30(6,7)8/h16-18,36H,9-15H2,1-8H3,(H,32,39)(H2,31,33,34). The molecular formula is C30H45N5O6S. The van der Waals surface area contributed by atoms with Gasteiger partial charge in [-0.05, 0) is 85.1 Å². The molecule has 1 aromatic carbocycles. The summed E-state index contributed by atoms with van der Waals surface area (Å²) < 4.78 is 10.8. The molecule has 232 valence electrons. The highest BCUT2D eigenvalue weighted by molar-refractivity contribution is 7.99. The van der Waals surface area contributed by atoms with Crippen LogP contribution in [0.15, 0.2) is 23.2 Å². The SMILES string of the molecule is Cc1cc(C)c(-c2cc(SCCN(CCO)C(=O)CCCNC(=O)OC(C)(C)C)nc(N)n2)cc1C(=O)OC(C)(C)C. The number of ether oxygens (including phenoxy) is 2. The third-order valence-electron chi connectivity index (χ3n) is 5.76. The van der Waals surface area contributed by atoms with Gasteiger partial charge in [-0.25, -0.2) is 19.6 Å². The highest BCUT2D eigenvalue weighted by atomic mass is 32.2. The molecule has 4 N–H and O–H groups in total. The zero-order valence-corrected chi connectivity index (χ0v) is 26.8. The van der Waals surface area contributed by atoms with Crippen molar-refractivity contribution in [1.29, 1.82) is 0 Å². The molecule has 0 saturated carbocycles. The smallest absolute Gasteiger partial charge is 0.407 e. The van der Waals surface area contributed by atoms with Gasteiger partial charge in [-0.2, -0.15) is 0 Å². The maximum atomic E-state index is 12.8. The van der Waals surface area contributed by atoms with E-state index in [9.17, 15) is 19.5 Å². The second-order valence-electron chi connectivity index (χ2n) is 11.9. The lowest BCUT2D eigenvalue weighted by atomic mass is 9.97. The number of hydrogen-bond donors (Lipinski definition) is 3. The van der Waals surface area contributed by atoms with Crippen molar-refractivity contribution in [3.63, 3.8) is 0 Å². The Kier molecular flexibility index (Phi) is 12.6. The van der Waals surface area contributed by atoms with Gasteiger partial charge in [-0.15, -0.1) is 11.8 Å². The molecule has 42 heavy (non-hydrogen) atoms. The summed E-state index contributed by atoms with van der Waals surface area (Å²) in [6.45, 7) is 15.3. The van der Waals surface area contributed by atoms with Gasteiger partial charge < -0.3 is 30.5 Å². The van der Waals surface area contributed by atoms with Crippen LogP contribution in [0.3, 0.4) is 0 Å². The fourth-order valence-corrected chi connectivity index (χ4v) is 4.85. The van der Waals surface area contributed by atoms with Crippen LogP contribution >= 0.6 is 11.8 Å². The summed E-state index contributed by atoms with van der Waals surface area (Å²) in [6.07, 6.45) is 0.140. The minimum Gasteiger partial charge on any atom is -0.456 e. The van der Waals surface area contributed by atoms with Gasteiger partial charge in [0, 0.05) is 37.4 Å². The van der Waals surface area contributed by atoms with E-state index in [1.807, 2.05) is 40.7 Å². The molecule has 0 unspecified atom stereocenters. The normalized spacial score (nSPS) is 11.6. The maximum absolute atomic E-state index is 12.8. The van der Waals surface area contributed by atoms with Gasteiger partial charge in [0.25, 0.3) is 0 Å². The number of hydrogen-bond acceptors (Lipinski definition) is 10. The molecule has 0 aliphatic rings. The second-order valence-corrected chi connectivity index (χ2v) is 13.0. The Labute approximate surface area is 253 Å². The lowest BCUT2D eigenvalue weighted by Crippen LogP contribution is -2.36. The van der Waals surface area contributed by atoms with E-state index in [1.165, 1.54) is 11.8 Å². The van der Waals surface area contributed by atoms with Crippen LogP contribution in [0.25, 0.3) is 11.3 Å². The van der Waals surface area contributed by atoms with Crippen LogP contribution in [0, 0.1) is 13.8 Å². The zero-order chi connectivity index (χ0) is 31.7. The Morgan fingerprint density at radius 2 is 1.64 bits per heavy atom. The molecule has 12 heteroatoms. The van der Waals surface area contributed by atoms with E-state index >= 15 is 0 Å². The first-order chi connectivity index (χ1) is 19.5. The Morgan fingerprint density at radius 1 is 0.976 bits per heavy atom. The molecule has 11 nitrogen and oxygen atoms in total. The van der Waals surface area contributed by atoms with E-state index in [2.05, 4.69) is 15.3 Å². The summed E-state index contributed by atoms with van der Waals surface area (Å²) >= 11 is 1.41. The summed E-state index contributed by atoms with van der Waals surface area (Å²) in [5.41, 5.74) is 8.33. The van der Waals surface area contributed by atoms with Gasteiger partial charge in [-0.1, -0.05) is 6.07 Å². The first kappa shape index (κ1) is 34.8. The van der Waals surface area contributed by atoms with Crippen molar-refractivity contribution in [2.45, 2.75) is 84.5 Å². The van der Waals surface area contributed by atoms with Gasteiger partial charge in [-0.3, -0.25) is 4.79 Å². The highest BCUT2D eigenvalue weighted by Gasteiger charge is 2.22. The number of nitrogen functional groups attached to an aromatic ring is 1. The minimum absolute atomic E-state index is 0.0922. The number of thioether (sulfide) groups is 1. The summed E-state index contributed by atoms with van der Waals surface area (Å²) in [5.74, 6) is 0.0681. The number of amides is 2. The Bertz CT molecular complexity index is 1260. The van der Waals surface area contributed by atoms with E-state index in [0.717, 1.165) is 16.7 Å². The fraction of sp³-hybridized carbons (Fsp3) is 0.567. The van der Waals surface area contributed by atoms with E-state index in [-0.39, 0.29) is 31.4 Å². The first-order valence-electron chi connectivity index (χ1n) is 14.0. The number of rotatable bonds is 12. The van der Waals surface area contributed by atoms with Gasteiger partial charge in [0.15, 0.2) is 0 Å². The predicted molar refractivity (Wildman–Crippen MR) is 164 cm³/mol. The van der Waals surface area contributed by atoms with Crippen molar-refractivity contribution < 1.29 is 29.0 Å². The molecule has 0 spiro atoms. The number of esters is 1. The van der Waals surface area contributed by atoms with Crippen LogP contribution in [-0.4, -0.2) is 81.1 Å². The molecule has 2 rings (SSSR count). The van der Waals surface area contributed by atoms with Gasteiger partial charge >= 0.3 is 12.1 Å². The van der Waals surface area contributed by atoms with Crippen molar-refractivity contribution in [2.75, 3.05) is 37.7 Å². The number of nitrogens with zero attached hydrogens (tertiary/aromatic N) is 3. The molecular weight excluding hydrogens is 558 g/mol. The fourth-order valence-electron chi connectivity index (χ4n) is 3.98. The molecule has 1 aromatic heterocycles. The van der Waals surface area contributed by atoms with Crippen LogP contribution < -0.4 is 11.1 Å². The molecule has 1 heterocycles. The summed E-state index contributed by atoms with van der Waals surface area (Å²) in [7, 11) is 0. The van der Waals surface area contributed by atoms with Crippen molar-refractivity contribution in [3.05, 3.63) is 34.9 Å².